The van der Waals surface area contributed by atoms with Gasteiger partial charge in [-0.2, -0.15) is 0 Å². The number of fused-ring (bicyclic) bond motifs is 1. The summed E-state index contributed by atoms with van der Waals surface area (Å²) in [6.07, 6.45) is 1.51. The lowest BCUT2D eigenvalue weighted by atomic mass is 10.1. The molecule has 1 amide bonds. The van der Waals surface area contributed by atoms with E-state index in [0.717, 1.165) is 11.6 Å². The van der Waals surface area contributed by atoms with Crippen molar-refractivity contribution in [3.8, 4) is 0 Å². The molecule has 1 N–H and O–H groups in total. The average molecular weight is 380 g/mol. The first-order chi connectivity index (χ1) is 13.5. The zero-order valence-corrected chi connectivity index (χ0v) is 15.2. The highest BCUT2D eigenvalue weighted by atomic mass is 19.1. The quantitative estimate of drug-likeness (QED) is 0.527. The Morgan fingerprint density at radius 3 is 2.64 bits per heavy atom. The summed E-state index contributed by atoms with van der Waals surface area (Å²) >= 11 is 0. The molecule has 0 aliphatic heterocycles. The van der Waals surface area contributed by atoms with E-state index in [4.69, 9.17) is 4.42 Å². The van der Waals surface area contributed by atoms with Crippen LogP contribution in [0.1, 0.15) is 34.6 Å². The number of aromatic nitrogens is 1. The minimum Gasteiger partial charge on any atom is -0.463 e. The molecular formula is C22H18F2N2O2. The van der Waals surface area contributed by atoms with Gasteiger partial charge in [-0.1, -0.05) is 36.4 Å². The molecule has 142 valence electrons. The van der Waals surface area contributed by atoms with Crippen LogP contribution in [0.4, 0.5) is 8.78 Å². The number of carbonyl (C=O) groups excluding carboxylic acids is 1. The molecule has 2 aromatic carbocycles. The predicted molar refractivity (Wildman–Crippen MR) is 102 cm³/mol. The minimum atomic E-state index is -0.658. The van der Waals surface area contributed by atoms with Crippen LogP contribution in [0.25, 0.3) is 11.1 Å². The van der Waals surface area contributed by atoms with Gasteiger partial charge in [0.05, 0.1) is 24.4 Å². The molecule has 0 aliphatic rings. The highest BCUT2D eigenvalue weighted by molar-refractivity contribution is 5.97. The molecule has 28 heavy (non-hydrogen) atoms. The molecule has 2 heterocycles. The van der Waals surface area contributed by atoms with Crippen molar-refractivity contribution in [1.82, 2.24) is 9.88 Å². The lowest BCUT2D eigenvalue weighted by molar-refractivity contribution is 0.0931. The summed E-state index contributed by atoms with van der Waals surface area (Å²) in [4.78, 5) is 12.9. The molecule has 1 atom stereocenters. The van der Waals surface area contributed by atoms with Gasteiger partial charge < -0.3 is 14.3 Å². The van der Waals surface area contributed by atoms with Gasteiger partial charge in [0.15, 0.2) is 5.58 Å². The number of hydrogen-bond donors (Lipinski definition) is 1. The summed E-state index contributed by atoms with van der Waals surface area (Å²) in [5, 5.41) is 2.96. The molecule has 0 bridgehead atoms. The Balaban J connectivity index is 1.66. The number of amides is 1. The Morgan fingerprint density at radius 1 is 1.11 bits per heavy atom. The first-order valence-electron chi connectivity index (χ1n) is 8.89. The van der Waals surface area contributed by atoms with Gasteiger partial charge in [0.2, 0.25) is 0 Å². The zero-order valence-electron chi connectivity index (χ0n) is 15.2. The van der Waals surface area contributed by atoms with E-state index in [1.807, 2.05) is 37.3 Å². The Labute approximate surface area is 160 Å². The maximum absolute atomic E-state index is 14.2. The average Bonchev–Trinajstić information content (AvgIpc) is 3.27. The lowest BCUT2D eigenvalue weighted by Crippen LogP contribution is -2.28. The fourth-order valence-corrected chi connectivity index (χ4v) is 3.25. The van der Waals surface area contributed by atoms with E-state index >= 15 is 0 Å². The molecular weight excluding hydrogens is 362 g/mol. The summed E-state index contributed by atoms with van der Waals surface area (Å²) in [5.41, 5.74) is 2.80. The van der Waals surface area contributed by atoms with Crippen LogP contribution < -0.4 is 5.32 Å². The van der Waals surface area contributed by atoms with Crippen molar-refractivity contribution in [2.24, 2.45) is 0 Å². The van der Waals surface area contributed by atoms with Crippen LogP contribution in [0.2, 0.25) is 0 Å². The van der Waals surface area contributed by atoms with E-state index in [1.165, 1.54) is 18.4 Å². The molecule has 0 spiro atoms. The van der Waals surface area contributed by atoms with E-state index in [0.29, 0.717) is 16.8 Å². The fourth-order valence-electron chi connectivity index (χ4n) is 3.25. The number of rotatable bonds is 5. The highest BCUT2D eigenvalue weighted by Crippen LogP contribution is 2.24. The molecule has 0 saturated heterocycles. The molecule has 6 heteroatoms. The molecule has 4 rings (SSSR count). The summed E-state index contributed by atoms with van der Waals surface area (Å²) in [6, 6.07) is 16.2. The third-order valence-electron chi connectivity index (χ3n) is 4.75. The zero-order chi connectivity index (χ0) is 19.7. The standard InChI is InChI=1S/C22H18F2N2O2/c1-14(15-5-3-2-4-6-15)25-22(27)20-12-21-19(9-10-28-21)26(20)13-16-7-8-17(23)11-18(16)24/h2-12,14H,13H2,1H3,(H,25,27)/t14-/m0/s1. The Bertz CT molecular complexity index is 1130. The molecule has 0 unspecified atom stereocenters. The van der Waals surface area contributed by atoms with E-state index < -0.39 is 11.6 Å². The molecule has 0 fully saturated rings. The number of nitrogens with one attached hydrogen (secondary N) is 1. The van der Waals surface area contributed by atoms with E-state index in [9.17, 15) is 13.6 Å². The van der Waals surface area contributed by atoms with Crippen LogP contribution in [-0.2, 0) is 6.54 Å². The maximum atomic E-state index is 14.2. The van der Waals surface area contributed by atoms with Crippen LogP contribution >= 0.6 is 0 Å². The molecule has 2 aromatic heterocycles. The van der Waals surface area contributed by atoms with Crippen LogP contribution in [0, 0.1) is 11.6 Å². The monoisotopic (exact) mass is 380 g/mol. The van der Waals surface area contributed by atoms with Crippen molar-refractivity contribution in [2.75, 3.05) is 0 Å². The molecule has 0 radical (unpaired) electrons. The number of halogens is 2. The van der Waals surface area contributed by atoms with Gasteiger partial charge in [0.25, 0.3) is 5.91 Å². The van der Waals surface area contributed by atoms with Crippen LogP contribution in [-0.4, -0.2) is 10.5 Å². The van der Waals surface area contributed by atoms with Crippen molar-refractivity contribution >= 4 is 17.0 Å². The summed E-state index contributed by atoms with van der Waals surface area (Å²) < 4.78 is 34.5. The van der Waals surface area contributed by atoms with E-state index in [1.54, 1.807) is 16.7 Å². The van der Waals surface area contributed by atoms with E-state index in [2.05, 4.69) is 5.32 Å². The maximum Gasteiger partial charge on any atom is 0.268 e. The van der Waals surface area contributed by atoms with Crippen molar-refractivity contribution in [3.63, 3.8) is 0 Å². The smallest absolute Gasteiger partial charge is 0.268 e. The number of nitrogens with zero attached hydrogens (tertiary/aromatic N) is 1. The van der Waals surface area contributed by atoms with Gasteiger partial charge in [0.1, 0.15) is 17.3 Å². The van der Waals surface area contributed by atoms with Crippen molar-refractivity contribution < 1.29 is 18.0 Å². The topological polar surface area (TPSA) is 47.2 Å². The number of carbonyl (C=O) groups is 1. The molecule has 0 aliphatic carbocycles. The summed E-state index contributed by atoms with van der Waals surface area (Å²) in [6.45, 7) is 1.97. The van der Waals surface area contributed by atoms with Crippen LogP contribution in [0.3, 0.4) is 0 Å². The van der Waals surface area contributed by atoms with Crippen molar-refractivity contribution in [2.45, 2.75) is 19.5 Å². The third kappa shape index (κ3) is 3.41. The van der Waals surface area contributed by atoms with Crippen molar-refractivity contribution in [1.29, 1.82) is 0 Å². The predicted octanol–water partition coefficient (Wildman–Crippen LogP) is 5.05. The lowest BCUT2D eigenvalue weighted by Gasteiger charge is -2.16. The number of hydrogen-bond acceptors (Lipinski definition) is 2. The SMILES string of the molecule is C[C@H](NC(=O)c1cc2occc2n1Cc1ccc(F)cc1F)c1ccccc1. The molecule has 0 saturated carbocycles. The van der Waals surface area contributed by atoms with Gasteiger partial charge in [-0.25, -0.2) is 8.78 Å². The van der Waals surface area contributed by atoms with Gasteiger partial charge in [-0.05, 0) is 18.6 Å². The van der Waals surface area contributed by atoms with Gasteiger partial charge in [-0.3, -0.25) is 4.79 Å². The first-order valence-corrected chi connectivity index (χ1v) is 8.89. The first kappa shape index (κ1) is 18.0. The van der Waals surface area contributed by atoms with Crippen LogP contribution in [0.15, 0.2) is 71.3 Å². The Hall–Kier alpha value is -3.41. The molecule has 4 nitrogen and oxygen atoms in total. The summed E-state index contributed by atoms with van der Waals surface area (Å²) in [7, 11) is 0. The minimum absolute atomic E-state index is 0.0810. The van der Waals surface area contributed by atoms with E-state index in [-0.39, 0.29) is 24.1 Å². The van der Waals surface area contributed by atoms with Gasteiger partial charge in [0, 0.05) is 23.8 Å². The molecule has 4 aromatic rings. The van der Waals surface area contributed by atoms with Gasteiger partial charge in [-0.15, -0.1) is 0 Å². The second kappa shape index (κ2) is 7.31. The van der Waals surface area contributed by atoms with Gasteiger partial charge >= 0.3 is 0 Å². The Morgan fingerprint density at radius 2 is 1.89 bits per heavy atom. The number of benzene rings is 2. The second-order valence-electron chi connectivity index (χ2n) is 6.63. The normalized spacial score (nSPS) is 12.2. The second-order valence-corrected chi connectivity index (χ2v) is 6.63. The Kier molecular flexibility index (Phi) is 4.69. The van der Waals surface area contributed by atoms with Crippen LogP contribution in [0.5, 0.6) is 0 Å². The fraction of sp³-hybridized carbons (Fsp3) is 0.136. The van der Waals surface area contributed by atoms with Crippen molar-refractivity contribution in [3.05, 3.63) is 95.4 Å². The summed E-state index contributed by atoms with van der Waals surface area (Å²) in [5.74, 6) is -1.60. The highest BCUT2D eigenvalue weighted by Gasteiger charge is 2.20. The largest absolute Gasteiger partial charge is 0.463 e. The third-order valence-corrected chi connectivity index (χ3v) is 4.75. The number of furan rings is 1.